The monoisotopic (exact) mass is 190 g/mol. The van der Waals surface area contributed by atoms with Crippen LogP contribution < -0.4 is 5.32 Å². The maximum absolute atomic E-state index is 10.6. The summed E-state index contributed by atoms with van der Waals surface area (Å²) in [7, 11) is 0. The molecule has 1 aromatic heterocycles. The molecule has 74 valence electrons. The molecule has 1 N–H and O–H groups in total. The second-order valence-electron chi connectivity index (χ2n) is 3.61. The molecule has 0 aromatic carbocycles. The summed E-state index contributed by atoms with van der Waals surface area (Å²) in [6, 6.07) is 5.95. The van der Waals surface area contributed by atoms with Crippen molar-refractivity contribution in [1.82, 2.24) is 10.3 Å². The van der Waals surface area contributed by atoms with E-state index < -0.39 is 0 Å². The zero-order valence-corrected chi connectivity index (χ0v) is 8.07. The summed E-state index contributed by atoms with van der Waals surface area (Å²) in [5.74, 6) is 0. The fourth-order valence-corrected chi connectivity index (χ4v) is 1.83. The molecule has 1 aliphatic heterocycles. The van der Waals surface area contributed by atoms with Gasteiger partial charge in [0.25, 0.3) is 0 Å². The van der Waals surface area contributed by atoms with Gasteiger partial charge in [0.05, 0.1) is 5.69 Å². The molecule has 1 aliphatic rings. The number of rotatable bonds is 2. The van der Waals surface area contributed by atoms with Gasteiger partial charge < -0.3 is 5.32 Å². The highest BCUT2D eigenvalue weighted by atomic mass is 16.1. The lowest BCUT2D eigenvalue weighted by Crippen LogP contribution is -2.27. The average molecular weight is 190 g/mol. The van der Waals surface area contributed by atoms with Crippen LogP contribution >= 0.6 is 0 Å². The standard InChI is InChI=1S/C11H14N2O/c14-8-9-4-3-6-11(13-9)10-5-1-2-7-12-10/h3-4,6,8,10,12H,1-2,5,7H2/t10-/m0/s1. The van der Waals surface area contributed by atoms with Gasteiger partial charge in [-0.25, -0.2) is 4.98 Å². The number of carbonyl (C=O) groups is 1. The predicted octanol–water partition coefficient (Wildman–Crippen LogP) is 1.71. The van der Waals surface area contributed by atoms with Crippen LogP contribution in [0.25, 0.3) is 0 Å². The summed E-state index contributed by atoms with van der Waals surface area (Å²) < 4.78 is 0. The van der Waals surface area contributed by atoms with Crippen molar-refractivity contribution >= 4 is 6.29 Å². The first-order chi connectivity index (χ1) is 6.90. The van der Waals surface area contributed by atoms with Gasteiger partial charge in [0.15, 0.2) is 6.29 Å². The third-order valence-electron chi connectivity index (χ3n) is 2.58. The van der Waals surface area contributed by atoms with Gasteiger partial charge in [-0.2, -0.15) is 0 Å². The highest BCUT2D eigenvalue weighted by Crippen LogP contribution is 2.20. The molecule has 0 amide bonds. The Bertz CT molecular complexity index is 319. The van der Waals surface area contributed by atoms with Crippen LogP contribution in [0.4, 0.5) is 0 Å². The number of hydrogen-bond acceptors (Lipinski definition) is 3. The van der Waals surface area contributed by atoms with Gasteiger partial charge in [0.1, 0.15) is 5.69 Å². The van der Waals surface area contributed by atoms with E-state index in [0.29, 0.717) is 11.7 Å². The Balaban J connectivity index is 2.17. The first kappa shape index (κ1) is 9.34. The van der Waals surface area contributed by atoms with Crippen LogP contribution in [0.3, 0.4) is 0 Å². The molecule has 1 fully saturated rings. The molecule has 1 aromatic rings. The lowest BCUT2D eigenvalue weighted by atomic mass is 10.0. The highest BCUT2D eigenvalue weighted by Gasteiger charge is 2.15. The molecule has 2 rings (SSSR count). The van der Waals surface area contributed by atoms with Crippen LogP contribution in [0.1, 0.15) is 41.5 Å². The van der Waals surface area contributed by atoms with E-state index in [2.05, 4.69) is 10.3 Å². The minimum absolute atomic E-state index is 0.337. The lowest BCUT2D eigenvalue weighted by molar-refractivity contribution is 0.111. The zero-order chi connectivity index (χ0) is 9.80. The number of pyridine rings is 1. The Morgan fingerprint density at radius 2 is 2.36 bits per heavy atom. The summed E-state index contributed by atoms with van der Waals surface area (Å²) in [5, 5.41) is 3.41. The van der Waals surface area contributed by atoms with Crippen molar-refractivity contribution in [2.24, 2.45) is 0 Å². The van der Waals surface area contributed by atoms with Crippen LogP contribution in [0.5, 0.6) is 0 Å². The summed E-state index contributed by atoms with van der Waals surface area (Å²) in [5.41, 5.74) is 1.52. The van der Waals surface area contributed by atoms with Crippen molar-refractivity contribution in [3.63, 3.8) is 0 Å². The Kier molecular flexibility index (Phi) is 2.89. The maximum atomic E-state index is 10.6. The highest BCUT2D eigenvalue weighted by molar-refractivity contribution is 5.71. The van der Waals surface area contributed by atoms with Crippen LogP contribution in [-0.2, 0) is 0 Å². The smallest absolute Gasteiger partial charge is 0.168 e. The van der Waals surface area contributed by atoms with Crippen molar-refractivity contribution in [1.29, 1.82) is 0 Å². The fourth-order valence-electron chi connectivity index (χ4n) is 1.83. The number of carbonyl (C=O) groups excluding carboxylic acids is 1. The van der Waals surface area contributed by atoms with Crippen molar-refractivity contribution < 1.29 is 4.79 Å². The van der Waals surface area contributed by atoms with Crippen LogP contribution in [-0.4, -0.2) is 17.8 Å². The maximum Gasteiger partial charge on any atom is 0.168 e. The predicted molar refractivity (Wildman–Crippen MR) is 54.2 cm³/mol. The molecule has 2 heterocycles. The van der Waals surface area contributed by atoms with Gasteiger partial charge >= 0.3 is 0 Å². The molecule has 1 atom stereocenters. The van der Waals surface area contributed by atoms with Gasteiger partial charge in [-0.1, -0.05) is 12.5 Å². The fraction of sp³-hybridized carbons (Fsp3) is 0.455. The number of piperidine rings is 1. The molecule has 0 aliphatic carbocycles. The quantitative estimate of drug-likeness (QED) is 0.722. The summed E-state index contributed by atoms with van der Waals surface area (Å²) in [6.45, 7) is 1.05. The van der Waals surface area contributed by atoms with Crippen LogP contribution in [0.2, 0.25) is 0 Å². The van der Waals surface area contributed by atoms with Crippen molar-refractivity contribution in [3.05, 3.63) is 29.6 Å². The number of nitrogens with zero attached hydrogens (tertiary/aromatic N) is 1. The van der Waals surface area contributed by atoms with E-state index in [-0.39, 0.29) is 0 Å². The minimum atomic E-state index is 0.337. The molecule has 3 heteroatoms. The van der Waals surface area contributed by atoms with E-state index in [9.17, 15) is 4.79 Å². The number of hydrogen-bond donors (Lipinski definition) is 1. The topological polar surface area (TPSA) is 42.0 Å². The SMILES string of the molecule is O=Cc1cccc([C@@H]2CCCCN2)n1. The number of aromatic nitrogens is 1. The van der Waals surface area contributed by atoms with E-state index >= 15 is 0 Å². The number of aldehydes is 1. The summed E-state index contributed by atoms with van der Waals surface area (Å²) in [4.78, 5) is 14.8. The minimum Gasteiger partial charge on any atom is -0.309 e. The lowest BCUT2D eigenvalue weighted by Gasteiger charge is -2.22. The van der Waals surface area contributed by atoms with E-state index in [1.165, 1.54) is 12.8 Å². The molecule has 0 unspecified atom stereocenters. The Morgan fingerprint density at radius 1 is 1.43 bits per heavy atom. The van der Waals surface area contributed by atoms with Gasteiger partial charge in [-0.3, -0.25) is 4.79 Å². The summed E-state index contributed by atoms with van der Waals surface area (Å²) in [6.07, 6.45) is 4.40. The van der Waals surface area contributed by atoms with Gasteiger partial charge in [-0.15, -0.1) is 0 Å². The molecular formula is C11H14N2O. The van der Waals surface area contributed by atoms with Gasteiger partial charge in [-0.05, 0) is 31.5 Å². The van der Waals surface area contributed by atoms with Crippen LogP contribution in [0.15, 0.2) is 18.2 Å². The van der Waals surface area contributed by atoms with Crippen molar-refractivity contribution in [3.8, 4) is 0 Å². The van der Waals surface area contributed by atoms with Crippen LogP contribution in [0, 0.1) is 0 Å². The average Bonchev–Trinajstić information content (AvgIpc) is 2.30. The van der Waals surface area contributed by atoms with Gasteiger partial charge in [0, 0.05) is 6.04 Å². The summed E-state index contributed by atoms with van der Waals surface area (Å²) >= 11 is 0. The van der Waals surface area contributed by atoms with E-state index in [0.717, 1.165) is 24.9 Å². The molecule has 0 radical (unpaired) electrons. The van der Waals surface area contributed by atoms with Gasteiger partial charge in [0.2, 0.25) is 0 Å². The third kappa shape index (κ3) is 1.99. The molecule has 0 saturated carbocycles. The molecule has 14 heavy (non-hydrogen) atoms. The van der Waals surface area contributed by atoms with E-state index in [1.54, 1.807) is 6.07 Å². The second kappa shape index (κ2) is 4.33. The van der Waals surface area contributed by atoms with E-state index in [1.807, 2.05) is 12.1 Å². The zero-order valence-electron chi connectivity index (χ0n) is 8.07. The molecule has 0 bridgehead atoms. The largest absolute Gasteiger partial charge is 0.309 e. The Labute approximate surface area is 83.5 Å². The van der Waals surface area contributed by atoms with E-state index in [4.69, 9.17) is 0 Å². The molecular weight excluding hydrogens is 176 g/mol. The molecule has 3 nitrogen and oxygen atoms in total. The Hall–Kier alpha value is -1.22. The van der Waals surface area contributed by atoms with Crippen molar-refractivity contribution in [2.75, 3.05) is 6.54 Å². The normalized spacial score (nSPS) is 21.9. The molecule has 0 spiro atoms. The Morgan fingerprint density at radius 3 is 3.07 bits per heavy atom. The first-order valence-corrected chi connectivity index (χ1v) is 5.05. The first-order valence-electron chi connectivity index (χ1n) is 5.05. The molecule has 1 saturated heterocycles. The van der Waals surface area contributed by atoms with Crippen molar-refractivity contribution in [2.45, 2.75) is 25.3 Å². The number of nitrogens with one attached hydrogen (secondary N) is 1. The third-order valence-corrected chi connectivity index (χ3v) is 2.58. The second-order valence-corrected chi connectivity index (χ2v) is 3.61.